The highest BCUT2D eigenvalue weighted by Crippen LogP contribution is 2.66. The minimum Gasteiger partial charge on any atom is -0.308 e. The molecule has 5 aliphatic carbocycles. The Morgan fingerprint density at radius 1 is 0.283 bits per heavy atom. The molecule has 2 aliphatic heterocycles. The molecule has 1 unspecified atom stereocenters. The van der Waals surface area contributed by atoms with E-state index in [1.54, 1.807) is 0 Å². The van der Waals surface area contributed by atoms with Crippen molar-refractivity contribution >= 4 is 84.8 Å². The van der Waals surface area contributed by atoms with Gasteiger partial charge in [0.1, 0.15) is 0 Å². The summed E-state index contributed by atoms with van der Waals surface area (Å²) in [5.74, 6) is 0. The average Bonchev–Trinajstić information content (AvgIpc) is 1.53. The van der Waals surface area contributed by atoms with Crippen LogP contribution in [0.5, 0.6) is 0 Å². The van der Waals surface area contributed by atoms with Gasteiger partial charge >= 0.3 is 0 Å². The normalized spacial score (nSPS) is 16.5. The molecule has 2 spiro atoms. The zero-order chi connectivity index (χ0) is 60.0. The van der Waals surface area contributed by atoms with Gasteiger partial charge in [0.15, 0.2) is 0 Å². The molecule has 1 atom stereocenters. The number of benzene rings is 14. The fourth-order valence-corrected chi connectivity index (χ4v) is 20.0. The van der Waals surface area contributed by atoms with Gasteiger partial charge in [0.05, 0.1) is 33.6 Å². The van der Waals surface area contributed by atoms with Crippen LogP contribution in [0, 0.1) is 0 Å². The summed E-state index contributed by atoms with van der Waals surface area (Å²) in [6.45, 7) is 0. The number of fused-ring (bicyclic) bond motifs is 25. The average molecular weight is 1200 g/mol. The van der Waals surface area contributed by atoms with Gasteiger partial charge in [0.2, 0.25) is 0 Å². The number of para-hydroxylation sites is 4. The first-order valence-electron chi connectivity index (χ1n) is 32.2. The van der Waals surface area contributed by atoms with Crippen molar-refractivity contribution in [2.75, 3.05) is 9.80 Å². The van der Waals surface area contributed by atoms with Crippen LogP contribution in [0.1, 0.15) is 57.3 Å². The van der Waals surface area contributed by atoms with Crippen LogP contribution in [-0.2, 0) is 10.8 Å². The largest absolute Gasteiger partial charge is 0.308 e. The molecule has 0 N–H and O–H groups in total. The highest BCUT2D eigenvalue weighted by molar-refractivity contribution is 8.00. The van der Waals surface area contributed by atoms with Gasteiger partial charge in [-0.3, -0.25) is 0 Å². The Hall–Kier alpha value is -10.6. The summed E-state index contributed by atoms with van der Waals surface area (Å²) in [5.41, 5.74) is 32.4. The molecule has 14 aromatic carbocycles. The lowest BCUT2D eigenvalue weighted by molar-refractivity contribution is 0.781. The van der Waals surface area contributed by atoms with Crippen LogP contribution in [0.15, 0.2) is 328 Å². The van der Waals surface area contributed by atoms with Gasteiger partial charge in [-0.25, -0.2) is 0 Å². The third kappa shape index (κ3) is 6.62. The Labute approximate surface area is 543 Å². The van der Waals surface area contributed by atoms with E-state index < -0.39 is 10.8 Å². The van der Waals surface area contributed by atoms with Gasteiger partial charge in [-0.15, -0.1) is 0 Å². The molecule has 14 aromatic rings. The topological polar surface area (TPSA) is 6.48 Å². The molecule has 21 rings (SSSR count). The molecule has 0 radical (unpaired) electrons. The molecular formula is C88H54N2S2. The number of anilines is 6. The van der Waals surface area contributed by atoms with E-state index in [1.807, 2.05) is 23.5 Å². The molecule has 2 nitrogen and oxygen atoms in total. The SMILES string of the molecule is C1=CC2=C(CC1)c1ccccc1C21c2ccccc2-c2ccc(-c3c4ccc(N5c6ccccc6Sc6ccccc65)cc4c(-c4ccc5c(c4)C4(c6ccccc6-c6ccccc64)c4ccccc4-5)c4ccc(N5c6ccccc6Sc6ccccc65)cc34)cc21. The van der Waals surface area contributed by atoms with E-state index in [2.05, 4.69) is 313 Å². The molecule has 2 heterocycles. The Balaban J connectivity index is 0.900. The van der Waals surface area contributed by atoms with Crippen LogP contribution in [0.3, 0.4) is 0 Å². The molecule has 0 bridgehead atoms. The highest BCUT2D eigenvalue weighted by Gasteiger charge is 2.54. The van der Waals surface area contributed by atoms with Crippen molar-refractivity contribution in [1.29, 1.82) is 0 Å². The van der Waals surface area contributed by atoms with Crippen molar-refractivity contribution in [3.8, 4) is 55.6 Å². The predicted molar refractivity (Wildman–Crippen MR) is 383 cm³/mol. The zero-order valence-corrected chi connectivity index (χ0v) is 51.6. The van der Waals surface area contributed by atoms with Crippen molar-refractivity contribution in [2.45, 2.75) is 43.3 Å². The number of rotatable bonds is 4. The van der Waals surface area contributed by atoms with E-state index in [9.17, 15) is 0 Å². The summed E-state index contributed by atoms with van der Waals surface area (Å²) in [6, 6.07) is 112. The molecule has 92 heavy (non-hydrogen) atoms. The highest BCUT2D eigenvalue weighted by atomic mass is 32.2. The van der Waals surface area contributed by atoms with Crippen LogP contribution in [0.2, 0.25) is 0 Å². The summed E-state index contributed by atoms with van der Waals surface area (Å²) < 4.78 is 0. The second-order valence-electron chi connectivity index (χ2n) is 25.5. The number of hydrogen-bond acceptors (Lipinski definition) is 4. The third-order valence-electron chi connectivity index (χ3n) is 21.3. The van der Waals surface area contributed by atoms with Crippen molar-refractivity contribution in [3.05, 3.63) is 353 Å². The smallest absolute Gasteiger partial charge is 0.0725 e. The fraction of sp³-hybridized carbons (Fsp3) is 0.0455. The molecule has 0 saturated carbocycles. The Kier molecular flexibility index (Phi) is 10.6. The lowest BCUT2D eigenvalue weighted by Gasteiger charge is -2.34. The van der Waals surface area contributed by atoms with Crippen molar-refractivity contribution in [3.63, 3.8) is 0 Å². The summed E-state index contributed by atoms with van der Waals surface area (Å²) in [6.07, 6.45) is 6.98. The van der Waals surface area contributed by atoms with Gasteiger partial charge in [0, 0.05) is 31.0 Å². The van der Waals surface area contributed by atoms with Gasteiger partial charge in [0.25, 0.3) is 0 Å². The Bertz CT molecular complexity index is 5550. The van der Waals surface area contributed by atoms with Crippen molar-refractivity contribution in [1.82, 2.24) is 0 Å². The van der Waals surface area contributed by atoms with Gasteiger partial charge in [-0.05, 0) is 231 Å². The molecule has 0 aromatic heterocycles. The van der Waals surface area contributed by atoms with E-state index in [-0.39, 0.29) is 0 Å². The zero-order valence-electron chi connectivity index (χ0n) is 50.0. The second-order valence-corrected chi connectivity index (χ2v) is 27.7. The van der Waals surface area contributed by atoms with Crippen LogP contribution >= 0.6 is 23.5 Å². The van der Waals surface area contributed by atoms with E-state index in [0.717, 1.165) is 24.2 Å². The lowest BCUT2D eigenvalue weighted by atomic mass is 9.68. The van der Waals surface area contributed by atoms with Gasteiger partial charge < -0.3 is 9.80 Å². The third-order valence-corrected chi connectivity index (χ3v) is 23.6. The van der Waals surface area contributed by atoms with Crippen molar-refractivity contribution in [2.24, 2.45) is 0 Å². The molecule has 0 amide bonds. The maximum Gasteiger partial charge on any atom is 0.0725 e. The Morgan fingerprint density at radius 2 is 0.630 bits per heavy atom. The van der Waals surface area contributed by atoms with Gasteiger partial charge in [-0.1, -0.05) is 242 Å². The van der Waals surface area contributed by atoms with E-state index in [1.165, 1.54) is 175 Å². The number of hydrogen-bond donors (Lipinski definition) is 0. The number of nitrogens with zero attached hydrogens (tertiary/aromatic N) is 2. The van der Waals surface area contributed by atoms with Crippen LogP contribution in [0.4, 0.5) is 34.1 Å². The molecule has 428 valence electrons. The summed E-state index contributed by atoms with van der Waals surface area (Å²) >= 11 is 3.72. The van der Waals surface area contributed by atoms with Gasteiger partial charge in [-0.2, -0.15) is 0 Å². The first kappa shape index (κ1) is 51.2. The molecule has 7 aliphatic rings. The summed E-state index contributed by atoms with van der Waals surface area (Å²) in [7, 11) is 0. The molecule has 0 fully saturated rings. The maximum absolute atomic E-state index is 2.63. The summed E-state index contributed by atoms with van der Waals surface area (Å²) in [5, 5.41) is 4.83. The predicted octanol–water partition coefficient (Wildman–Crippen LogP) is 24.0. The standard InChI is InChI=1S/C88H54N2S2/c1-7-27-69-57(21-1)58-22-2-8-28-70(58)87(69)73-31-11-5-25-61(73)63-45-41-53(49-75(63)87)85-65-47-43-56(90-79-35-15-19-39-83(79)92-84-40-20-16-36-80(84)90)52-68(65)86(66-48-44-55(51-67(66)85)89-77-33-13-17-37-81(77)91-82-38-18-14-34-78(82)89)54-42-46-64-62-26-6-12-32-74(62)88(76(64)50-54)71-29-9-3-23-59(71)60-24-4-10-30-72(60)88/h1-3,5-23,25-52H,4,24H2. The Morgan fingerprint density at radius 3 is 1.07 bits per heavy atom. The number of allylic oxidation sites excluding steroid dienone is 4. The van der Waals surface area contributed by atoms with Crippen LogP contribution in [0.25, 0.3) is 82.8 Å². The minimum absolute atomic E-state index is 0.476. The second kappa shape index (κ2) is 19.0. The van der Waals surface area contributed by atoms with Crippen LogP contribution in [-0.4, -0.2) is 0 Å². The molecular weight excluding hydrogens is 1150 g/mol. The van der Waals surface area contributed by atoms with E-state index >= 15 is 0 Å². The van der Waals surface area contributed by atoms with E-state index in [0.29, 0.717) is 0 Å². The lowest BCUT2D eigenvalue weighted by Crippen LogP contribution is -2.27. The first-order valence-corrected chi connectivity index (χ1v) is 33.8. The minimum atomic E-state index is -0.523. The molecule has 0 saturated heterocycles. The first-order chi connectivity index (χ1) is 45.6. The summed E-state index contributed by atoms with van der Waals surface area (Å²) in [4.78, 5) is 9.99. The fourth-order valence-electron chi connectivity index (χ4n) is 17.8. The van der Waals surface area contributed by atoms with Crippen molar-refractivity contribution < 1.29 is 0 Å². The maximum atomic E-state index is 2.63. The van der Waals surface area contributed by atoms with Crippen LogP contribution < -0.4 is 9.80 Å². The quantitative estimate of drug-likeness (QED) is 0.162. The van der Waals surface area contributed by atoms with E-state index in [4.69, 9.17) is 0 Å². The molecule has 4 heteroatoms. The monoisotopic (exact) mass is 1200 g/mol.